The molecule has 0 atom stereocenters. The first-order valence-corrected chi connectivity index (χ1v) is 10.5. The van der Waals surface area contributed by atoms with E-state index in [1.54, 1.807) is 36.4 Å². The van der Waals surface area contributed by atoms with Gasteiger partial charge in [0.05, 0.1) is 4.90 Å². The van der Waals surface area contributed by atoms with Crippen molar-refractivity contribution in [2.45, 2.75) is 30.6 Å². The van der Waals surface area contributed by atoms with E-state index < -0.39 is 10.0 Å². The van der Waals surface area contributed by atoms with Crippen LogP contribution in [0.25, 0.3) is 11.4 Å². The summed E-state index contributed by atoms with van der Waals surface area (Å²) in [7, 11) is -3.50. The number of sulfonamides is 1. The van der Waals surface area contributed by atoms with Crippen molar-refractivity contribution in [1.82, 2.24) is 14.4 Å². The van der Waals surface area contributed by atoms with Gasteiger partial charge in [0.15, 0.2) is 0 Å². The number of halogens is 1. The molecular formula is C20H20FN3O3S. The van der Waals surface area contributed by atoms with Gasteiger partial charge in [0.2, 0.25) is 21.7 Å². The third-order valence-electron chi connectivity index (χ3n) is 5.01. The Hall–Kier alpha value is -2.58. The van der Waals surface area contributed by atoms with Crippen molar-refractivity contribution < 1.29 is 17.3 Å². The number of hydrogen-bond acceptors (Lipinski definition) is 5. The van der Waals surface area contributed by atoms with Crippen LogP contribution in [0.1, 0.15) is 30.2 Å². The number of rotatable bonds is 4. The van der Waals surface area contributed by atoms with Crippen LogP contribution < -0.4 is 0 Å². The average molecular weight is 401 g/mol. The second kappa shape index (κ2) is 7.44. The van der Waals surface area contributed by atoms with E-state index in [1.807, 2.05) is 6.92 Å². The Kier molecular flexibility index (Phi) is 4.99. The van der Waals surface area contributed by atoms with Crippen molar-refractivity contribution in [2.24, 2.45) is 0 Å². The van der Waals surface area contributed by atoms with Crippen LogP contribution in [0.3, 0.4) is 0 Å². The molecule has 146 valence electrons. The van der Waals surface area contributed by atoms with Gasteiger partial charge in [0.25, 0.3) is 0 Å². The van der Waals surface area contributed by atoms with E-state index in [0.717, 1.165) is 5.56 Å². The first-order valence-electron chi connectivity index (χ1n) is 9.10. The van der Waals surface area contributed by atoms with E-state index >= 15 is 0 Å². The predicted molar refractivity (Wildman–Crippen MR) is 102 cm³/mol. The molecule has 6 nitrogen and oxygen atoms in total. The number of hydrogen-bond donors (Lipinski definition) is 0. The summed E-state index contributed by atoms with van der Waals surface area (Å²) in [4.78, 5) is 4.73. The van der Waals surface area contributed by atoms with Crippen LogP contribution in [0.15, 0.2) is 57.9 Å². The smallest absolute Gasteiger partial charge is 0.243 e. The topological polar surface area (TPSA) is 76.3 Å². The van der Waals surface area contributed by atoms with E-state index in [0.29, 0.717) is 48.1 Å². The minimum absolute atomic E-state index is 0.00571. The highest BCUT2D eigenvalue weighted by Gasteiger charge is 2.32. The van der Waals surface area contributed by atoms with Crippen molar-refractivity contribution in [3.63, 3.8) is 0 Å². The monoisotopic (exact) mass is 401 g/mol. The quantitative estimate of drug-likeness (QED) is 0.665. The molecule has 0 N–H and O–H groups in total. The molecule has 0 spiro atoms. The van der Waals surface area contributed by atoms with E-state index in [4.69, 9.17) is 4.52 Å². The maximum Gasteiger partial charge on any atom is 0.243 e. The second-order valence-electron chi connectivity index (χ2n) is 6.95. The second-order valence-corrected chi connectivity index (χ2v) is 8.89. The number of benzene rings is 2. The molecule has 1 aliphatic rings. The molecule has 4 rings (SSSR count). The molecule has 0 amide bonds. The molecule has 8 heteroatoms. The lowest BCUT2D eigenvalue weighted by Crippen LogP contribution is -2.37. The zero-order chi connectivity index (χ0) is 19.7. The van der Waals surface area contributed by atoms with Crippen LogP contribution in [0.4, 0.5) is 4.39 Å². The van der Waals surface area contributed by atoms with Gasteiger partial charge in [-0.05, 0) is 56.2 Å². The molecule has 1 fully saturated rings. The maximum absolute atomic E-state index is 13.1. The van der Waals surface area contributed by atoms with Crippen LogP contribution >= 0.6 is 0 Å². The van der Waals surface area contributed by atoms with Crippen LogP contribution in [0.2, 0.25) is 0 Å². The van der Waals surface area contributed by atoms with Crippen LogP contribution in [0, 0.1) is 12.7 Å². The normalized spacial score (nSPS) is 16.4. The molecule has 0 bridgehead atoms. The molecule has 2 aromatic carbocycles. The zero-order valence-electron chi connectivity index (χ0n) is 15.4. The van der Waals surface area contributed by atoms with Gasteiger partial charge in [-0.2, -0.15) is 9.29 Å². The third-order valence-corrected chi connectivity index (χ3v) is 6.92. The van der Waals surface area contributed by atoms with Gasteiger partial charge in [-0.3, -0.25) is 0 Å². The van der Waals surface area contributed by atoms with Crippen molar-refractivity contribution in [1.29, 1.82) is 0 Å². The summed E-state index contributed by atoms with van der Waals surface area (Å²) in [6.07, 6.45) is 1.21. The van der Waals surface area contributed by atoms with Crippen LogP contribution in [-0.4, -0.2) is 36.0 Å². The van der Waals surface area contributed by atoms with E-state index in [1.165, 1.54) is 16.4 Å². The third kappa shape index (κ3) is 3.70. The van der Waals surface area contributed by atoms with Gasteiger partial charge < -0.3 is 4.52 Å². The number of nitrogens with zero attached hydrogens (tertiary/aromatic N) is 3. The minimum Gasteiger partial charge on any atom is -0.339 e. The van der Waals surface area contributed by atoms with Gasteiger partial charge in [0.1, 0.15) is 5.82 Å². The highest BCUT2D eigenvalue weighted by Crippen LogP contribution is 2.31. The fraction of sp³-hybridized carbons (Fsp3) is 0.300. The molecule has 28 heavy (non-hydrogen) atoms. The van der Waals surface area contributed by atoms with Crippen molar-refractivity contribution in [3.8, 4) is 11.4 Å². The first kappa shape index (κ1) is 18.8. The van der Waals surface area contributed by atoms with Gasteiger partial charge in [-0.1, -0.05) is 22.9 Å². The van der Waals surface area contributed by atoms with E-state index in [-0.39, 0.29) is 11.7 Å². The van der Waals surface area contributed by atoms with Crippen molar-refractivity contribution >= 4 is 10.0 Å². The Morgan fingerprint density at radius 2 is 1.68 bits per heavy atom. The first-order chi connectivity index (χ1) is 13.4. The number of aryl methyl sites for hydroxylation is 1. The number of aromatic nitrogens is 2. The summed E-state index contributed by atoms with van der Waals surface area (Å²) >= 11 is 0. The summed E-state index contributed by atoms with van der Waals surface area (Å²) in [6, 6.07) is 12.8. The summed E-state index contributed by atoms with van der Waals surface area (Å²) in [5.74, 6) is 0.581. The fourth-order valence-corrected chi connectivity index (χ4v) is 4.79. The summed E-state index contributed by atoms with van der Waals surface area (Å²) in [5.41, 5.74) is 1.70. The predicted octanol–water partition coefficient (Wildman–Crippen LogP) is 3.75. The molecule has 1 saturated heterocycles. The van der Waals surface area contributed by atoms with Crippen molar-refractivity contribution in [3.05, 3.63) is 65.8 Å². The van der Waals surface area contributed by atoms with Crippen LogP contribution in [0.5, 0.6) is 0 Å². The lowest BCUT2D eigenvalue weighted by Gasteiger charge is -2.29. The standard InChI is InChI=1S/C20H20FN3O3S/c1-14-2-8-18(9-3-14)28(25,26)24-12-10-16(11-13-24)20-22-19(23-27-20)15-4-6-17(21)7-5-15/h2-9,16H,10-13H2,1H3. The van der Waals surface area contributed by atoms with Gasteiger partial charge in [-0.25, -0.2) is 12.8 Å². The van der Waals surface area contributed by atoms with Gasteiger partial charge in [-0.15, -0.1) is 0 Å². The highest BCUT2D eigenvalue weighted by atomic mass is 32.2. The lowest BCUT2D eigenvalue weighted by molar-refractivity contribution is 0.271. The van der Waals surface area contributed by atoms with Crippen molar-refractivity contribution in [2.75, 3.05) is 13.1 Å². The zero-order valence-corrected chi connectivity index (χ0v) is 16.2. The Balaban J connectivity index is 1.44. The fourth-order valence-electron chi connectivity index (χ4n) is 3.32. The molecule has 2 heterocycles. The largest absolute Gasteiger partial charge is 0.339 e. The molecule has 0 unspecified atom stereocenters. The summed E-state index contributed by atoms with van der Waals surface area (Å²) < 4.78 is 45.6. The van der Waals surface area contributed by atoms with E-state index in [2.05, 4.69) is 10.1 Å². The average Bonchev–Trinajstić information content (AvgIpc) is 3.19. The summed E-state index contributed by atoms with van der Waals surface area (Å²) in [5, 5.41) is 3.97. The Morgan fingerprint density at radius 1 is 1.04 bits per heavy atom. The van der Waals surface area contributed by atoms with Gasteiger partial charge >= 0.3 is 0 Å². The molecule has 0 saturated carbocycles. The Bertz CT molecular complexity index is 1050. The molecule has 1 aromatic heterocycles. The minimum atomic E-state index is -3.50. The molecule has 1 aliphatic heterocycles. The molecular weight excluding hydrogens is 381 g/mol. The molecule has 3 aromatic rings. The Labute approximate surface area is 163 Å². The SMILES string of the molecule is Cc1ccc(S(=O)(=O)N2CCC(c3nc(-c4ccc(F)cc4)no3)CC2)cc1. The summed E-state index contributed by atoms with van der Waals surface area (Å²) in [6.45, 7) is 2.72. The number of piperidine rings is 1. The van der Waals surface area contributed by atoms with E-state index in [9.17, 15) is 12.8 Å². The van der Waals surface area contributed by atoms with Gasteiger partial charge in [0, 0.05) is 24.6 Å². The maximum atomic E-state index is 13.1. The highest BCUT2D eigenvalue weighted by molar-refractivity contribution is 7.89. The lowest BCUT2D eigenvalue weighted by atomic mass is 9.98. The van der Waals surface area contributed by atoms with Crippen LogP contribution in [-0.2, 0) is 10.0 Å². The molecule has 0 aliphatic carbocycles. The molecule has 0 radical (unpaired) electrons. The Morgan fingerprint density at radius 3 is 2.32 bits per heavy atom.